The van der Waals surface area contributed by atoms with Gasteiger partial charge in [0.25, 0.3) is 5.91 Å². The Bertz CT molecular complexity index is 758. The summed E-state index contributed by atoms with van der Waals surface area (Å²) in [6, 6.07) is 5.62. The van der Waals surface area contributed by atoms with Crippen LogP contribution >= 0.6 is 27.3 Å². The second-order valence-corrected chi connectivity index (χ2v) is 7.43. The second kappa shape index (κ2) is 7.23. The number of nitrogens with one attached hydrogen (secondary N) is 1. The number of halogens is 1. The highest BCUT2D eigenvalue weighted by Gasteiger charge is 2.20. The molecule has 1 aromatic heterocycles. The predicted octanol–water partition coefficient (Wildman–Crippen LogP) is 3.54. The zero-order chi connectivity index (χ0) is 17.1. The number of thiazole rings is 1. The summed E-state index contributed by atoms with van der Waals surface area (Å²) in [4.78, 5) is 30.8. The van der Waals surface area contributed by atoms with Gasteiger partial charge in [-0.15, -0.1) is 11.3 Å². The summed E-state index contributed by atoms with van der Waals surface area (Å²) in [5, 5.41) is 3.67. The zero-order valence-corrected chi connectivity index (χ0v) is 15.8. The molecule has 2 rings (SSSR count). The van der Waals surface area contributed by atoms with Gasteiger partial charge in [-0.2, -0.15) is 0 Å². The molecule has 0 fully saturated rings. The third-order valence-electron chi connectivity index (χ3n) is 3.29. The van der Waals surface area contributed by atoms with Crippen molar-refractivity contribution in [3.63, 3.8) is 0 Å². The fourth-order valence-electron chi connectivity index (χ4n) is 2.15. The highest BCUT2D eigenvalue weighted by atomic mass is 79.9. The van der Waals surface area contributed by atoms with Crippen LogP contribution in [0.4, 0.5) is 5.69 Å². The fourth-order valence-corrected chi connectivity index (χ4v) is 3.54. The number of nitrogens with zero attached hydrogens (tertiary/aromatic N) is 2. The van der Waals surface area contributed by atoms with Crippen LogP contribution in [-0.2, 0) is 4.79 Å². The quantitative estimate of drug-likeness (QED) is 0.860. The first kappa shape index (κ1) is 17.6. The molecule has 0 aliphatic carbocycles. The third kappa shape index (κ3) is 4.39. The summed E-state index contributed by atoms with van der Waals surface area (Å²) in [7, 11) is 1.62. The highest BCUT2D eigenvalue weighted by Crippen LogP contribution is 2.21. The predicted molar refractivity (Wildman–Crippen MR) is 96.1 cm³/mol. The molecular formula is C16H18BrN3O2S. The first-order valence-corrected chi connectivity index (χ1v) is 8.64. The topological polar surface area (TPSA) is 62.3 Å². The van der Waals surface area contributed by atoms with Crippen molar-refractivity contribution < 1.29 is 9.59 Å². The number of anilines is 1. The first-order valence-electron chi connectivity index (χ1n) is 7.03. The summed E-state index contributed by atoms with van der Waals surface area (Å²) in [6.07, 6.45) is 0. The molecule has 0 bridgehead atoms. The van der Waals surface area contributed by atoms with Gasteiger partial charge in [0.2, 0.25) is 5.91 Å². The van der Waals surface area contributed by atoms with Crippen LogP contribution in [0.25, 0.3) is 0 Å². The lowest BCUT2D eigenvalue weighted by atomic mass is 10.2. The number of benzene rings is 1. The summed E-state index contributed by atoms with van der Waals surface area (Å²) in [5.74, 6) is -0.416. The summed E-state index contributed by atoms with van der Waals surface area (Å²) in [6.45, 7) is 5.57. The minimum absolute atomic E-state index is 0.00920. The van der Waals surface area contributed by atoms with E-state index in [9.17, 15) is 9.59 Å². The third-order valence-corrected chi connectivity index (χ3v) is 4.84. The number of hydrogen-bond donors (Lipinski definition) is 1. The maximum atomic E-state index is 12.4. The average molecular weight is 396 g/mol. The van der Waals surface area contributed by atoms with E-state index in [-0.39, 0.29) is 18.4 Å². The van der Waals surface area contributed by atoms with Crippen molar-refractivity contribution in [1.29, 1.82) is 0 Å². The highest BCUT2D eigenvalue weighted by molar-refractivity contribution is 9.10. The normalized spacial score (nSPS) is 10.5. The molecule has 0 radical (unpaired) electrons. The maximum absolute atomic E-state index is 12.4. The van der Waals surface area contributed by atoms with Gasteiger partial charge in [-0.3, -0.25) is 9.59 Å². The standard InChI is InChI=1S/C16H18BrN3O2S/c1-9-7-12(17)5-6-13(9)19-14(21)8-20(4)16(22)15-10(2)18-11(3)23-15/h5-7H,8H2,1-4H3,(H,19,21). The molecule has 0 atom stereocenters. The molecule has 122 valence electrons. The van der Waals surface area contributed by atoms with Crippen molar-refractivity contribution in [2.75, 3.05) is 18.9 Å². The van der Waals surface area contributed by atoms with Crippen LogP contribution in [0.15, 0.2) is 22.7 Å². The number of carbonyl (C=O) groups is 2. The fraction of sp³-hybridized carbons (Fsp3) is 0.312. The van der Waals surface area contributed by atoms with Crippen molar-refractivity contribution in [3.05, 3.63) is 43.8 Å². The Balaban J connectivity index is 2.02. The Morgan fingerprint density at radius 2 is 2.00 bits per heavy atom. The Kier molecular flexibility index (Phi) is 5.54. The molecule has 2 amide bonds. The number of amides is 2. The van der Waals surface area contributed by atoms with Crippen molar-refractivity contribution in [3.8, 4) is 0 Å². The number of rotatable bonds is 4. The maximum Gasteiger partial charge on any atom is 0.266 e. The summed E-state index contributed by atoms with van der Waals surface area (Å²) in [5.41, 5.74) is 2.40. The Morgan fingerprint density at radius 3 is 2.57 bits per heavy atom. The van der Waals surface area contributed by atoms with Gasteiger partial charge in [0.1, 0.15) is 4.88 Å². The molecule has 1 heterocycles. The van der Waals surface area contributed by atoms with Gasteiger partial charge >= 0.3 is 0 Å². The van der Waals surface area contributed by atoms with Gasteiger partial charge in [0, 0.05) is 17.2 Å². The van der Waals surface area contributed by atoms with Crippen molar-refractivity contribution in [2.45, 2.75) is 20.8 Å². The monoisotopic (exact) mass is 395 g/mol. The largest absolute Gasteiger partial charge is 0.332 e. The molecule has 0 saturated carbocycles. The van der Waals surface area contributed by atoms with E-state index >= 15 is 0 Å². The molecule has 0 unspecified atom stereocenters. The first-order chi connectivity index (χ1) is 10.8. The Hall–Kier alpha value is -1.73. The lowest BCUT2D eigenvalue weighted by Gasteiger charge is -2.17. The van der Waals surface area contributed by atoms with Gasteiger partial charge in [-0.05, 0) is 44.5 Å². The van der Waals surface area contributed by atoms with Gasteiger partial charge in [-0.1, -0.05) is 15.9 Å². The minimum atomic E-state index is -0.231. The average Bonchev–Trinajstić information content (AvgIpc) is 2.79. The molecule has 0 spiro atoms. The molecular weight excluding hydrogens is 378 g/mol. The number of likely N-dealkylation sites (N-methyl/N-ethyl adjacent to an activating group) is 1. The van der Waals surface area contributed by atoms with E-state index in [4.69, 9.17) is 0 Å². The number of hydrogen-bond acceptors (Lipinski definition) is 4. The van der Waals surface area contributed by atoms with Crippen LogP contribution in [0.2, 0.25) is 0 Å². The van der Waals surface area contributed by atoms with Crippen LogP contribution < -0.4 is 5.32 Å². The van der Waals surface area contributed by atoms with Crippen LogP contribution in [0, 0.1) is 20.8 Å². The van der Waals surface area contributed by atoms with E-state index in [1.54, 1.807) is 14.0 Å². The Morgan fingerprint density at radius 1 is 1.30 bits per heavy atom. The summed E-state index contributed by atoms with van der Waals surface area (Å²) >= 11 is 4.73. The molecule has 0 saturated heterocycles. The molecule has 23 heavy (non-hydrogen) atoms. The van der Waals surface area contributed by atoms with Crippen LogP contribution in [0.5, 0.6) is 0 Å². The number of aromatic nitrogens is 1. The van der Waals surface area contributed by atoms with E-state index in [1.807, 2.05) is 32.0 Å². The van der Waals surface area contributed by atoms with Crippen LogP contribution in [0.1, 0.15) is 25.9 Å². The molecule has 0 aliphatic heterocycles. The smallest absolute Gasteiger partial charge is 0.266 e. The zero-order valence-electron chi connectivity index (χ0n) is 13.4. The number of carbonyl (C=O) groups excluding carboxylic acids is 2. The summed E-state index contributed by atoms with van der Waals surface area (Å²) < 4.78 is 0.955. The Labute approximate surface area is 147 Å². The van der Waals surface area contributed by atoms with Crippen LogP contribution in [0.3, 0.4) is 0 Å². The van der Waals surface area contributed by atoms with E-state index in [1.165, 1.54) is 16.2 Å². The van der Waals surface area contributed by atoms with Crippen molar-refractivity contribution in [2.24, 2.45) is 0 Å². The lowest BCUT2D eigenvalue weighted by Crippen LogP contribution is -2.35. The minimum Gasteiger partial charge on any atom is -0.332 e. The second-order valence-electron chi connectivity index (χ2n) is 5.32. The SMILES string of the molecule is Cc1nc(C)c(C(=O)N(C)CC(=O)Nc2ccc(Br)cc2C)s1. The molecule has 1 aromatic carbocycles. The molecule has 1 N–H and O–H groups in total. The van der Waals surface area contributed by atoms with Gasteiger partial charge in [-0.25, -0.2) is 4.98 Å². The van der Waals surface area contributed by atoms with E-state index in [2.05, 4.69) is 26.2 Å². The van der Waals surface area contributed by atoms with Gasteiger partial charge in [0.05, 0.1) is 17.2 Å². The molecule has 2 aromatic rings. The molecule has 5 nitrogen and oxygen atoms in total. The van der Waals surface area contributed by atoms with Crippen LogP contribution in [-0.4, -0.2) is 35.3 Å². The van der Waals surface area contributed by atoms with Gasteiger partial charge < -0.3 is 10.2 Å². The lowest BCUT2D eigenvalue weighted by molar-refractivity contribution is -0.116. The van der Waals surface area contributed by atoms with E-state index in [0.717, 1.165) is 20.7 Å². The van der Waals surface area contributed by atoms with Gasteiger partial charge in [0.15, 0.2) is 0 Å². The molecule has 7 heteroatoms. The molecule has 0 aliphatic rings. The number of aryl methyl sites for hydroxylation is 3. The van der Waals surface area contributed by atoms with Crippen molar-refractivity contribution >= 4 is 44.8 Å². The van der Waals surface area contributed by atoms with Crippen molar-refractivity contribution in [1.82, 2.24) is 9.88 Å². The van der Waals surface area contributed by atoms with E-state index < -0.39 is 0 Å². The van der Waals surface area contributed by atoms with E-state index in [0.29, 0.717) is 10.6 Å².